The summed E-state index contributed by atoms with van der Waals surface area (Å²) in [6.07, 6.45) is 1.62. The van der Waals surface area contributed by atoms with Crippen LogP contribution in [0.3, 0.4) is 0 Å². The second-order valence-corrected chi connectivity index (χ2v) is 8.02. The zero-order valence-corrected chi connectivity index (χ0v) is 18.7. The van der Waals surface area contributed by atoms with Crippen molar-refractivity contribution in [3.8, 4) is 5.75 Å². The van der Waals surface area contributed by atoms with Gasteiger partial charge in [-0.1, -0.05) is 26.0 Å². The Morgan fingerprint density at radius 2 is 1.84 bits per heavy atom. The van der Waals surface area contributed by atoms with E-state index in [9.17, 15) is 9.59 Å². The van der Waals surface area contributed by atoms with E-state index >= 15 is 0 Å². The number of carbonyl (C=O) groups is 2. The number of carbonyl (C=O) groups excluding carboxylic acids is 2. The van der Waals surface area contributed by atoms with Crippen molar-refractivity contribution in [1.29, 1.82) is 0 Å². The molecule has 0 aliphatic carbocycles. The molecule has 6 nitrogen and oxygen atoms in total. The van der Waals surface area contributed by atoms with E-state index in [0.717, 1.165) is 28.3 Å². The van der Waals surface area contributed by atoms with Crippen molar-refractivity contribution >= 4 is 11.8 Å². The van der Waals surface area contributed by atoms with Gasteiger partial charge in [0.25, 0.3) is 0 Å². The SMILES string of the molecule is Cc1ccc(C(C)C)c(OCC(=O)OCC(=O)c2cc(C)n(Cc3ccco3)c2C)c1. The summed E-state index contributed by atoms with van der Waals surface area (Å²) in [4.78, 5) is 24.8. The lowest BCUT2D eigenvalue weighted by Gasteiger charge is -2.14. The van der Waals surface area contributed by atoms with Crippen molar-refractivity contribution in [2.75, 3.05) is 13.2 Å². The lowest BCUT2D eigenvalue weighted by atomic mass is 10.0. The van der Waals surface area contributed by atoms with E-state index in [-0.39, 0.29) is 24.9 Å². The molecule has 0 unspecified atom stereocenters. The predicted molar refractivity (Wildman–Crippen MR) is 118 cm³/mol. The fourth-order valence-electron chi connectivity index (χ4n) is 3.53. The maximum Gasteiger partial charge on any atom is 0.344 e. The number of furan rings is 1. The fraction of sp³-hybridized carbons (Fsp3) is 0.360. The van der Waals surface area contributed by atoms with Gasteiger partial charge >= 0.3 is 5.97 Å². The van der Waals surface area contributed by atoms with Gasteiger partial charge in [0, 0.05) is 17.0 Å². The largest absolute Gasteiger partial charge is 0.482 e. The molecule has 6 heteroatoms. The predicted octanol–water partition coefficient (Wildman–Crippen LogP) is 4.98. The molecule has 0 spiro atoms. The molecule has 0 radical (unpaired) electrons. The van der Waals surface area contributed by atoms with Crippen LogP contribution in [0.25, 0.3) is 0 Å². The number of hydrogen-bond donors (Lipinski definition) is 0. The topological polar surface area (TPSA) is 70.7 Å². The van der Waals surface area contributed by atoms with Gasteiger partial charge in [-0.3, -0.25) is 4.79 Å². The molecule has 0 saturated carbocycles. The van der Waals surface area contributed by atoms with Gasteiger partial charge in [-0.2, -0.15) is 0 Å². The monoisotopic (exact) mass is 423 g/mol. The van der Waals surface area contributed by atoms with Gasteiger partial charge in [0.05, 0.1) is 12.8 Å². The third kappa shape index (κ3) is 5.45. The maximum absolute atomic E-state index is 12.6. The Bertz CT molecular complexity index is 1060. The number of nitrogens with zero attached hydrogens (tertiary/aromatic N) is 1. The highest BCUT2D eigenvalue weighted by molar-refractivity contribution is 5.99. The van der Waals surface area contributed by atoms with Gasteiger partial charge in [-0.25, -0.2) is 4.79 Å². The Kier molecular flexibility index (Phi) is 7.00. The molecule has 164 valence electrons. The van der Waals surface area contributed by atoms with Crippen LogP contribution in [-0.4, -0.2) is 29.5 Å². The van der Waals surface area contributed by atoms with Crippen molar-refractivity contribution in [3.05, 3.63) is 76.5 Å². The van der Waals surface area contributed by atoms with Crippen LogP contribution in [0.2, 0.25) is 0 Å². The molecule has 3 aromatic rings. The summed E-state index contributed by atoms with van der Waals surface area (Å²) in [7, 11) is 0. The van der Waals surface area contributed by atoms with Crippen molar-refractivity contribution < 1.29 is 23.5 Å². The number of benzene rings is 1. The Balaban J connectivity index is 1.58. The fourth-order valence-corrected chi connectivity index (χ4v) is 3.53. The maximum atomic E-state index is 12.6. The number of ether oxygens (including phenoxy) is 2. The molecule has 2 aromatic heterocycles. The van der Waals surface area contributed by atoms with Crippen LogP contribution in [0, 0.1) is 20.8 Å². The zero-order valence-electron chi connectivity index (χ0n) is 18.7. The van der Waals surface area contributed by atoms with Gasteiger partial charge in [0.15, 0.2) is 13.2 Å². The van der Waals surface area contributed by atoms with E-state index < -0.39 is 5.97 Å². The molecule has 0 aliphatic rings. The highest BCUT2D eigenvalue weighted by Crippen LogP contribution is 2.27. The zero-order chi connectivity index (χ0) is 22.5. The normalized spacial score (nSPS) is 11.0. The first kappa shape index (κ1) is 22.4. The van der Waals surface area contributed by atoms with E-state index in [1.807, 2.05) is 61.7 Å². The first-order chi connectivity index (χ1) is 14.8. The average Bonchev–Trinajstić information content (AvgIpc) is 3.34. The average molecular weight is 424 g/mol. The summed E-state index contributed by atoms with van der Waals surface area (Å²) in [6, 6.07) is 11.5. The summed E-state index contributed by atoms with van der Waals surface area (Å²) < 4.78 is 18.3. The molecule has 0 N–H and O–H groups in total. The second-order valence-electron chi connectivity index (χ2n) is 8.02. The van der Waals surface area contributed by atoms with Crippen molar-refractivity contribution in [2.45, 2.75) is 47.1 Å². The molecule has 0 atom stereocenters. The van der Waals surface area contributed by atoms with Crippen molar-refractivity contribution in [1.82, 2.24) is 4.57 Å². The van der Waals surface area contributed by atoms with E-state index in [1.165, 1.54) is 0 Å². The summed E-state index contributed by atoms with van der Waals surface area (Å²) in [5.41, 5.74) is 4.37. The highest BCUT2D eigenvalue weighted by atomic mass is 16.6. The number of ketones is 1. The van der Waals surface area contributed by atoms with Crippen LogP contribution in [0.15, 0.2) is 47.1 Å². The van der Waals surface area contributed by atoms with Gasteiger partial charge < -0.3 is 18.5 Å². The number of esters is 1. The minimum Gasteiger partial charge on any atom is -0.482 e. The Morgan fingerprint density at radius 3 is 2.52 bits per heavy atom. The van der Waals surface area contributed by atoms with Crippen LogP contribution in [0.4, 0.5) is 0 Å². The molecule has 0 bridgehead atoms. The van der Waals surface area contributed by atoms with Gasteiger partial charge in [0.2, 0.25) is 5.78 Å². The van der Waals surface area contributed by atoms with Crippen LogP contribution in [0.5, 0.6) is 5.75 Å². The molecule has 0 fully saturated rings. The summed E-state index contributed by atoms with van der Waals surface area (Å²) in [6.45, 7) is 9.89. The summed E-state index contributed by atoms with van der Waals surface area (Å²) in [5, 5.41) is 0. The van der Waals surface area contributed by atoms with E-state index in [2.05, 4.69) is 13.8 Å². The molecule has 3 rings (SSSR count). The molecule has 2 heterocycles. The standard InChI is InChI=1S/C25H29NO5/c1-16(2)21-9-8-17(3)11-24(21)30-15-25(28)31-14-23(27)22-12-18(4)26(19(22)5)13-20-7-6-10-29-20/h6-12,16H,13-15H2,1-5H3. The second kappa shape index (κ2) is 9.69. The van der Waals surface area contributed by atoms with Crippen molar-refractivity contribution in [2.24, 2.45) is 0 Å². The first-order valence-electron chi connectivity index (χ1n) is 10.4. The van der Waals surface area contributed by atoms with Crippen LogP contribution < -0.4 is 4.74 Å². The molecular formula is C25H29NO5. The van der Waals surface area contributed by atoms with Crippen LogP contribution in [0.1, 0.15) is 58.4 Å². The Morgan fingerprint density at radius 1 is 1.06 bits per heavy atom. The van der Waals surface area contributed by atoms with Crippen molar-refractivity contribution in [3.63, 3.8) is 0 Å². The number of rotatable bonds is 9. The number of aromatic nitrogens is 1. The van der Waals surface area contributed by atoms with Crippen LogP contribution in [-0.2, 0) is 16.1 Å². The molecule has 0 saturated heterocycles. The third-order valence-corrected chi connectivity index (χ3v) is 5.27. The quantitative estimate of drug-likeness (QED) is 0.358. The Hall–Kier alpha value is -3.28. The molecule has 0 aliphatic heterocycles. The van der Waals surface area contributed by atoms with Gasteiger partial charge in [-0.05, 0) is 62.1 Å². The third-order valence-electron chi connectivity index (χ3n) is 5.27. The number of Topliss-reactive ketones (excluding diaryl/α,β-unsaturated/α-hetero) is 1. The number of aryl methyl sites for hydroxylation is 2. The molecule has 0 amide bonds. The lowest BCUT2D eigenvalue weighted by molar-refractivity contribution is -0.144. The molecular weight excluding hydrogens is 394 g/mol. The summed E-state index contributed by atoms with van der Waals surface area (Å²) >= 11 is 0. The van der Waals surface area contributed by atoms with E-state index in [1.54, 1.807) is 6.26 Å². The lowest BCUT2D eigenvalue weighted by Crippen LogP contribution is -2.20. The minimum atomic E-state index is -0.575. The first-order valence-corrected chi connectivity index (χ1v) is 10.4. The molecule has 31 heavy (non-hydrogen) atoms. The summed E-state index contributed by atoms with van der Waals surface area (Å²) in [5.74, 6) is 0.921. The molecule has 1 aromatic carbocycles. The highest BCUT2D eigenvalue weighted by Gasteiger charge is 2.18. The van der Waals surface area contributed by atoms with Gasteiger partial charge in [0.1, 0.15) is 11.5 Å². The van der Waals surface area contributed by atoms with Crippen LogP contribution >= 0.6 is 0 Å². The van der Waals surface area contributed by atoms with E-state index in [0.29, 0.717) is 17.9 Å². The number of hydrogen-bond acceptors (Lipinski definition) is 5. The smallest absolute Gasteiger partial charge is 0.344 e. The van der Waals surface area contributed by atoms with Gasteiger partial charge in [-0.15, -0.1) is 0 Å². The Labute approximate surface area is 182 Å². The minimum absolute atomic E-state index is 0.242. The van der Waals surface area contributed by atoms with E-state index in [4.69, 9.17) is 13.9 Å².